The molecule has 31 heavy (non-hydrogen) atoms. The third-order valence-corrected chi connectivity index (χ3v) is 7.12. The Balaban J connectivity index is 1.83. The van der Waals surface area contributed by atoms with E-state index in [9.17, 15) is 4.79 Å². The third-order valence-electron chi connectivity index (χ3n) is 4.36. The molecule has 1 aliphatic heterocycles. The first kappa shape index (κ1) is 24.6. The van der Waals surface area contributed by atoms with Gasteiger partial charge in [-0.25, -0.2) is 0 Å². The van der Waals surface area contributed by atoms with Crippen molar-refractivity contribution in [3.8, 4) is 11.5 Å². The average molecular weight is 608 g/mol. The molecule has 1 heterocycles. The van der Waals surface area contributed by atoms with E-state index < -0.39 is 0 Å². The SMILES string of the molecule is COc1cc(/C=C2\SC(=S)N(CC(C)C)C2=O)cc(I)c1OCc1ccc(Cl)cc1Cl. The zero-order chi connectivity index (χ0) is 22.7. The second-order valence-corrected chi connectivity index (χ2v) is 10.9. The number of ether oxygens (including phenoxy) is 2. The van der Waals surface area contributed by atoms with E-state index in [-0.39, 0.29) is 12.5 Å². The normalized spacial score (nSPS) is 15.3. The van der Waals surface area contributed by atoms with Crippen molar-refractivity contribution in [3.63, 3.8) is 0 Å². The Bertz CT molecular complexity index is 1060. The molecule has 0 aromatic heterocycles. The molecular weight excluding hydrogens is 588 g/mol. The van der Waals surface area contributed by atoms with Crippen LogP contribution in [0.3, 0.4) is 0 Å². The summed E-state index contributed by atoms with van der Waals surface area (Å²) in [6.45, 7) is 5.01. The van der Waals surface area contributed by atoms with E-state index in [1.807, 2.05) is 24.3 Å². The molecule has 0 N–H and O–H groups in total. The van der Waals surface area contributed by atoms with E-state index in [4.69, 9.17) is 44.9 Å². The second kappa shape index (κ2) is 10.7. The number of nitrogens with zero attached hydrogens (tertiary/aromatic N) is 1. The largest absolute Gasteiger partial charge is 0.493 e. The number of benzene rings is 2. The number of thiocarbonyl (C=S) groups is 1. The van der Waals surface area contributed by atoms with Crippen LogP contribution >= 0.6 is 69.8 Å². The van der Waals surface area contributed by atoms with Crippen molar-refractivity contribution in [2.45, 2.75) is 20.5 Å². The molecule has 0 radical (unpaired) electrons. The fourth-order valence-corrected chi connectivity index (χ4v) is 5.44. The van der Waals surface area contributed by atoms with Gasteiger partial charge in [-0.15, -0.1) is 0 Å². The van der Waals surface area contributed by atoms with Crippen molar-refractivity contribution in [1.29, 1.82) is 0 Å². The molecule has 2 aromatic rings. The fourth-order valence-electron chi connectivity index (χ4n) is 2.93. The first-order chi connectivity index (χ1) is 14.7. The van der Waals surface area contributed by atoms with Crippen LogP contribution in [-0.4, -0.2) is 28.8 Å². The van der Waals surface area contributed by atoms with E-state index >= 15 is 0 Å². The highest BCUT2D eigenvalue weighted by Gasteiger charge is 2.32. The lowest BCUT2D eigenvalue weighted by Gasteiger charge is -2.16. The molecule has 0 unspecified atom stereocenters. The molecule has 3 rings (SSSR count). The average Bonchev–Trinajstić information content (AvgIpc) is 2.95. The maximum absolute atomic E-state index is 12.7. The summed E-state index contributed by atoms with van der Waals surface area (Å²) < 4.78 is 13.0. The van der Waals surface area contributed by atoms with Crippen molar-refractivity contribution in [3.05, 3.63) is 60.0 Å². The fraction of sp³-hybridized carbons (Fsp3) is 0.273. The van der Waals surface area contributed by atoms with E-state index in [0.29, 0.717) is 43.2 Å². The van der Waals surface area contributed by atoms with Crippen LogP contribution in [0, 0.1) is 9.49 Å². The molecule has 1 fully saturated rings. The Morgan fingerprint density at radius 3 is 2.65 bits per heavy atom. The van der Waals surface area contributed by atoms with Crippen LogP contribution in [0.2, 0.25) is 10.0 Å². The molecule has 4 nitrogen and oxygen atoms in total. The molecule has 9 heteroatoms. The van der Waals surface area contributed by atoms with E-state index in [1.54, 1.807) is 24.1 Å². The molecule has 1 saturated heterocycles. The van der Waals surface area contributed by atoms with Crippen molar-refractivity contribution in [2.24, 2.45) is 5.92 Å². The van der Waals surface area contributed by atoms with Gasteiger partial charge < -0.3 is 9.47 Å². The molecule has 164 valence electrons. The number of rotatable bonds is 7. The minimum atomic E-state index is -0.0598. The number of thioether (sulfide) groups is 1. The lowest BCUT2D eigenvalue weighted by Crippen LogP contribution is -2.31. The van der Waals surface area contributed by atoms with Gasteiger partial charge in [-0.3, -0.25) is 9.69 Å². The maximum atomic E-state index is 12.7. The number of methoxy groups -OCH3 is 1. The summed E-state index contributed by atoms with van der Waals surface area (Å²) in [5.41, 5.74) is 1.66. The first-order valence-electron chi connectivity index (χ1n) is 9.39. The number of hydrogen-bond acceptors (Lipinski definition) is 5. The van der Waals surface area contributed by atoms with Crippen molar-refractivity contribution in [2.75, 3.05) is 13.7 Å². The predicted octanol–water partition coefficient (Wildman–Crippen LogP) is 7.04. The molecule has 0 atom stereocenters. The molecule has 2 aromatic carbocycles. The van der Waals surface area contributed by atoms with Crippen LogP contribution in [0.1, 0.15) is 25.0 Å². The third kappa shape index (κ3) is 6.07. The van der Waals surface area contributed by atoms with Gasteiger partial charge in [0.25, 0.3) is 5.91 Å². The summed E-state index contributed by atoms with van der Waals surface area (Å²) in [6, 6.07) is 9.07. The lowest BCUT2D eigenvalue weighted by atomic mass is 10.1. The van der Waals surface area contributed by atoms with Crippen LogP contribution in [-0.2, 0) is 11.4 Å². The van der Waals surface area contributed by atoms with Gasteiger partial charge >= 0.3 is 0 Å². The number of amides is 1. The zero-order valence-electron chi connectivity index (χ0n) is 17.1. The van der Waals surface area contributed by atoms with Gasteiger partial charge in [0.2, 0.25) is 0 Å². The minimum Gasteiger partial charge on any atom is -0.493 e. The highest BCUT2D eigenvalue weighted by atomic mass is 127. The molecule has 0 aliphatic carbocycles. The van der Waals surface area contributed by atoms with E-state index in [0.717, 1.165) is 14.7 Å². The van der Waals surface area contributed by atoms with Gasteiger partial charge in [-0.1, -0.05) is 67.1 Å². The molecule has 0 saturated carbocycles. The van der Waals surface area contributed by atoms with Crippen molar-refractivity contribution < 1.29 is 14.3 Å². The summed E-state index contributed by atoms with van der Waals surface area (Å²) in [4.78, 5) is 15.0. The van der Waals surface area contributed by atoms with Gasteiger partial charge in [0.1, 0.15) is 10.9 Å². The Kier molecular flexibility index (Phi) is 8.54. The Morgan fingerprint density at radius 1 is 1.26 bits per heavy atom. The smallest absolute Gasteiger partial charge is 0.266 e. The lowest BCUT2D eigenvalue weighted by molar-refractivity contribution is -0.122. The quantitative estimate of drug-likeness (QED) is 0.192. The summed E-state index contributed by atoms with van der Waals surface area (Å²) in [5.74, 6) is 1.46. The summed E-state index contributed by atoms with van der Waals surface area (Å²) in [6.07, 6.45) is 1.84. The highest BCUT2D eigenvalue weighted by molar-refractivity contribution is 14.1. The van der Waals surface area contributed by atoms with Crippen LogP contribution in [0.5, 0.6) is 11.5 Å². The summed E-state index contributed by atoms with van der Waals surface area (Å²) >= 11 is 21.1. The summed E-state index contributed by atoms with van der Waals surface area (Å²) in [5, 5.41) is 1.12. The van der Waals surface area contributed by atoms with Gasteiger partial charge in [0.15, 0.2) is 11.5 Å². The standard InChI is InChI=1S/C22H20Cl2INO3S2/c1-12(2)10-26-21(27)19(31-22(26)30)8-13-6-17(25)20(18(7-13)28-3)29-11-14-4-5-15(23)9-16(14)24/h4-9,12H,10-11H2,1-3H3/b19-8-. The molecule has 1 aliphatic rings. The number of carbonyl (C=O) groups excluding carboxylic acids is 1. The zero-order valence-corrected chi connectivity index (χ0v) is 22.4. The van der Waals surface area contributed by atoms with Crippen LogP contribution in [0.15, 0.2) is 35.2 Å². The second-order valence-electron chi connectivity index (χ2n) is 7.24. The Morgan fingerprint density at radius 2 is 2.00 bits per heavy atom. The number of halogens is 3. The molecule has 0 bridgehead atoms. The van der Waals surface area contributed by atoms with Gasteiger partial charge in [-0.2, -0.15) is 0 Å². The minimum absolute atomic E-state index is 0.0598. The monoisotopic (exact) mass is 607 g/mol. The van der Waals surface area contributed by atoms with E-state index in [2.05, 4.69) is 36.4 Å². The first-order valence-corrected chi connectivity index (χ1v) is 12.4. The van der Waals surface area contributed by atoms with Crippen LogP contribution in [0.25, 0.3) is 6.08 Å². The van der Waals surface area contributed by atoms with Crippen molar-refractivity contribution in [1.82, 2.24) is 4.90 Å². The number of hydrogen-bond donors (Lipinski definition) is 0. The highest BCUT2D eigenvalue weighted by Crippen LogP contribution is 2.38. The van der Waals surface area contributed by atoms with Gasteiger partial charge in [0, 0.05) is 22.2 Å². The number of carbonyl (C=O) groups is 1. The van der Waals surface area contributed by atoms with Gasteiger partial charge in [0.05, 0.1) is 15.6 Å². The van der Waals surface area contributed by atoms with Crippen molar-refractivity contribution >= 4 is 86.1 Å². The molecule has 0 spiro atoms. The molecule has 1 amide bonds. The maximum Gasteiger partial charge on any atom is 0.266 e. The van der Waals surface area contributed by atoms with Gasteiger partial charge in [-0.05, 0) is 64.4 Å². The van der Waals surface area contributed by atoms with Crippen LogP contribution in [0.4, 0.5) is 0 Å². The molecular formula is C22H20Cl2INO3S2. The topological polar surface area (TPSA) is 38.8 Å². The predicted molar refractivity (Wildman–Crippen MR) is 141 cm³/mol. The van der Waals surface area contributed by atoms with Crippen LogP contribution < -0.4 is 9.47 Å². The van der Waals surface area contributed by atoms with E-state index in [1.165, 1.54) is 11.8 Å². The summed E-state index contributed by atoms with van der Waals surface area (Å²) in [7, 11) is 1.58. The Labute approximate surface area is 215 Å². The Hall–Kier alpha value is -1.00.